The fourth-order valence-electron chi connectivity index (χ4n) is 2.13. The molecule has 106 valence electrons. The summed E-state index contributed by atoms with van der Waals surface area (Å²) < 4.78 is 22.7. The molecule has 1 aliphatic rings. The molecule has 0 unspecified atom stereocenters. The van der Waals surface area contributed by atoms with Gasteiger partial charge in [0.1, 0.15) is 0 Å². The average molecular weight is 282 g/mol. The van der Waals surface area contributed by atoms with E-state index in [0.29, 0.717) is 13.1 Å². The zero-order valence-corrected chi connectivity index (χ0v) is 12.7. The van der Waals surface area contributed by atoms with Crippen molar-refractivity contribution in [3.63, 3.8) is 0 Å². The van der Waals surface area contributed by atoms with E-state index in [1.807, 2.05) is 6.20 Å². The molecule has 1 aromatic rings. The molecule has 0 N–H and O–H groups in total. The van der Waals surface area contributed by atoms with E-state index >= 15 is 0 Å². The van der Waals surface area contributed by atoms with Gasteiger partial charge in [-0.3, -0.25) is 9.88 Å². The fraction of sp³-hybridized carbons (Fsp3) is 0.643. The summed E-state index contributed by atoms with van der Waals surface area (Å²) >= 11 is 0. The molecule has 1 saturated heterocycles. The standard InChI is InChI=1S/C14H22N2O2S/c1-14(2,3)13-5-4-12(10-15-13)11-16-6-8-19(17,18)9-7-16/h4-5,10H,6-9,11H2,1-3H3. The Bertz CT molecular complexity index is 516. The first-order valence-corrected chi connectivity index (χ1v) is 8.47. The van der Waals surface area contributed by atoms with E-state index in [1.54, 1.807) is 0 Å². The second kappa shape index (κ2) is 5.21. The Balaban J connectivity index is 1.97. The third-order valence-corrected chi connectivity index (χ3v) is 5.05. The first kappa shape index (κ1) is 14.5. The predicted molar refractivity (Wildman–Crippen MR) is 76.9 cm³/mol. The number of sulfone groups is 1. The maximum Gasteiger partial charge on any atom is 0.152 e. The van der Waals surface area contributed by atoms with Gasteiger partial charge in [0.15, 0.2) is 9.84 Å². The van der Waals surface area contributed by atoms with Gasteiger partial charge in [-0.15, -0.1) is 0 Å². The van der Waals surface area contributed by atoms with Crippen LogP contribution in [0.3, 0.4) is 0 Å². The molecule has 0 bridgehead atoms. The summed E-state index contributed by atoms with van der Waals surface area (Å²) in [6.07, 6.45) is 1.91. The van der Waals surface area contributed by atoms with Gasteiger partial charge in [-0.25, -0.2) is 8.42 Å². The number of aromatic nitrogens is 1. The van der Waals surface area contributed by atoms with Crippen LogP contribution in [0, 0.1) is 0 Å². The van der Waals surface area contributed by atoms with E-state index in [9.17, 15) is 8.42 Å². The van der Waals surface area contributed by atoms with Crippen molar-refractivity contribution >= 4 is 9.84 Å². The monoisotopic (exact) mass is 282 g/mol. The van der Waals surface area contributed by atoms with Crippen LogP contribution in [-0.4, -0.2) is 42.9 Å². The Kier molecular flexibility index (Phi) is 3.97. The van der Waals surface area contributed by atoms with Crippen molar-refractivity contribution in [1.29, 1.82) is 0 Å². The molecule has 0 radical (unpaired) electrons. The summed E-state index contributed by atoms with van der Waals surface area (Å²) in [7, 11) is -2.79. The van der Waals surface area contributed by atoms with Crippen LogP contribution in [-0.2, 0) is 21.8 Å². The van der Waals surface area contributed by atoms with Gasteiger partial charge in [0.2, 0.25) is 0 Å². The Morgan fingerprint density at radius 2 is 1.84 bits per heavy atom. The number of nitrogens with zero attached hydrogens (tertiary/aromatic N) is 2. The maximum atomic E-state index is 11.4. The van der Waals surface area contributed by atoms with Crippen molar-refractivity contribution in [2.75, 3.05) is 24.6 Å². The highest BCUT2D eigenvalue weighted by Crippen LogP contribution is 2.20. The number of hydrogen-bond acceptors (Lipinski definition) is 4. The second-order valence-electron chi connectivity index (χ2n) is 6.23. The first-order chi connectivity index (χ1) is 8.76. The summed E-state index contributed by atoms with van der Waals surface area (Å²) in [5, 5.41) is 0. The van der Waals surface area contributed by atoms with Crippen LogP contribution in [0.5, 0.6) is 0 Å². The summed E-state index contributed by atoms with van der Waals surface area (Å²) in [5.74, 6) is 0.557. The molecule has 2 rings (SSSR count). The third kappa shape index (κ3) is 4.01. The van der Waals surface area contributed by atoms with Crippen LogP contribution in [0.1, 0.15) is 32.0 Å². The second-order valence-corrected chi connectivity index (χ2v) is 8.53. The zero-order valence-electron chi connectivity index (χ0n) is 11.9. The molecule has 0 atom stereocenters. The van der Waals surface area contributed by atoms with E-state index in [1.165, 1.54) is 0 Å². The van der Waals surface area contributed by atoms with Crippen LogP contribution < -0.4 is 0 Å². The van der Waals surface area contributed by atoms with E-state index in [2.05, 4.69) is 42.8 Å². The highest BCUT2D eigenvalue weighted by molar-refractivity contribution is 7.91. The largest absolute Gasteiger partial charge is 0.297 e. The van der Waals surface area contributed by atoms with Crippen LogP contribution in [0.25, 0.3) is 0 Å². The lowest BCUT2D eigenvalue weighted by Crippen LogP contribution is -2.39. The van der Waals surface area contributed by atoms with Crippen molar-refractivity contribution in [2.24, 2.45) is 0 Å². The van der Waals surface area contributed by atoms with Gasteiger partial charge in [0.25, 0.3) is 0 Å². The van der Waals surface area contributed by atoms with Crippen LogP contribution in [0.4, 0.5) is 0 Å². The minimum Gasteiger partial charge on any atom is -0.297 e. The van der Waals surface area contributed by atoms with Crippen LogP contribution in [0.2, 0.25) is 0 Å². The molecule has 4 nitrogen and oxygen atoms in total. The lowest BCUT2D eigenvalue weighted by atomic mass is 9.91. The van der Waals surface area contributed by atoms with Crippen molar-refractivity contribution in [2.45, 2.75) is 32.7 Å². The van der Waals surface area contributed by atoms with E-state index in [0.717, 1.165) is 17.8 Å². The minimum absolute atomic E-state index is 0.0672. The molecule has 0 aromatic carbocycles. The molecule has 19 heavy (non-hydrogen) atoms. The highest BCUT2D eigenvalue weighted by Gasteiger charge is 2.21. The maximum absolute atomic E-state index is 11.4. The molecule has 1 aromatic heterocycles. The molecule has 5 heteroatoms. The predicted octanol–water partition coefficient (Wildman–Crippen LogP) is 1.61. The molecule has 0 amide bonds. The molecular formula is C14H22N2O2S. The Morgan fingerprint density at radius 3 is 2.32 bits per heavy atom. The quantitative estimate of drug-likeness (QED) is 0.827. The van der Waals surface area contributed by atoms with Gasteiger partial charge in [-0.1, -0.05) is 26.8 Å². The molecule has 2 heterocycles. The van der Waals surface area contributed by atoms with Crippen molar-refractivity contribution in [3.05, 3.63) is 29.6 Å². The smallest absolute Gasteiger partial charge is 0.152 e. The lowest BCUT2D eigenvalue weighted by Gasteiger charge is -2.26. The van der Waals surface area contributed by atoms with Gasteiger partial charge in [0, 0.05) is 36.9 Å². The van der Waals surface area contributed by atoms with E-state index in [-0.39, 0.29) is 16.9 Å². The van der Waals surface area contributed by atoms with Gasteiger partial charge < -0.3 is 0 Å². The first-order valence-electron chi connectivity index (χ1n) is 6.64. The van der Waals surface area contributed by atoms with Gasteiger partial charge >= 0.3 is 0 Å². The highest BCUT2D eigenvalue weighted by atomic mass is 32.2. The summed E-state index contributed by atoms with van der Waals surface area (Å²) in [6, 6.07) is 4.16. The lowest BCUT2D eigenvalue weighted by molar-refractivity contribution is 0.287. The summed E-state index contributed by atoms with van der Waals surface area (Å²) in [4.78, 5) is 6.67. The average Bonchev–Trinajstić information content (AvgIpc) is 2.31. The van der Waals surface area contributed by atoms with Crippen LogP contribution >= 0.6 is 0 Å². The molecule has 0 spiro atoms. The van der Waals surface area contributed by atoms with Gasteiger partial charge in [-0.2, -0.15) is 0 Å². The van der Waals surface area contributed by atoms with Crippen molar-refractivity contribution < 1.29 is 8.42 Å². The molecule has 0 aliphatic carbocycles. The Hall–Kier alpha value is -0.940. The van der Waals surface area contributed by atoms with Crippen molar-refractivity contribution in [3.8, 4) is 0 Å². The van der Waals surface area contributed by atoms with E-state index in [4.69, 9.17) is 0 Å². The van der Waals surface area contributed by atoms with Gasteiger partial charge in [0.05, 0.1) is 11.5 Å². The summed E-state index contributed by atoms with van der Waals surface area (Å²) in [6.45, 7) is 8.47. The van der Waals surface area contributed by atoms with Crippen molar-refractivity contribution in [1.82, 2.24) is 9.88 Å². The number of rotatable bonds is 2. The normalized spacial score (nSPS) is 20.4. The molecular weight excluding hydrogens is 260 g/mol. The minimum atomic E-state index is -2.79. The zero-order chi connectivity index (χ0) is 14.1. The number of hydrogen-bond donors (Lipinski definition) is 0. The van der Waals surface area contributed by atoms with Crippen LogP contribution in [0.15, 0.2) is 18.3 Å². The Morgan fingerprint density at radius 1 is 1.21 bits per heavy atom. The molecule has 1 aliphatic heterocycles. The SMILES string of the molecule is CC(C)(C)c1ccc(CN2CCS(=O)(=O)CC2)cn1. The molecule has 1 fully saturated rings. The molecule has 0 saturated carbocycles. The fourth-order valence-corrected chi connectivity index (χ4v) is 3.41. The topological polar surface area (TPSA) is 50.3 Å². The van der Waals surface area contributed by atoms with E-state index < -0.39 is 9.84 Å². The summed E-state index contributed by atoms with van der Waals surface area (Å²) in [5.41, 5.74) is 2.29. The number of pyridine rings is 1. The Labute approximate surface area is 115 Å². The van der Waals surface area contributed by atoms with Gasteiger partial charge in [-0.05, 0) is 11.6 Å². The third-order valence-electron chi connectivity index (χ3n) is 3.44.